The van der Waals surface area contributed by atoms with E-state index in [1.54, 1.807) is 50.9 Å². The third-order valence-electron chi connectivity index (χ3n) is 9.31. The van der Waals surface area contributed by atoms with Crippen LogP contribution in [0.4, 0.5) is 31.8 Å². The maximum atomic E-state index is 14.1. The van der Waals surface area contributed by atoms with Crippen molar-refractivity contribution in [3.8, 4) is 22.3 Å². The molecule has 12 heteroatoms. The van der Waals surface area contributed by atoms with Crippen molar-refractivity contribution in [3.05, 3.63) is 121 Å². The summed E-state index contributed by atoms with van der Waals surface area (Å²) in [7, 11) is 3.65. The standard InChI is InChI=1S/2C19H17FN4O/c1-19(2)14-5-4-12(13-11-21-8-6-15(13)20)10-16(14)24(18(19)25)17-7-9-23(3)22-17;1-19(2)14-5-4-12(13-9-21-7-6-15(13)20)8-16(14)24(18(19)25)17-10-23(3)11-22-17/h2*4-11H,1-3H3. The third kappa shape index (κ3) is 5.24. The van der Waals surface area contributed by atoms with Gasteiger partial charge in [0.2, 0.25) is 11.8 Å². The molecule has 50 heavy (non-hydrogen) atoms. The summed E-state index contributed by atoms with van der Waals surface area (Å²) in [5.41, 5.74) is 4.09. The molecule has 0 spiro atoms. The fourth-order valence-electron chi connectivity index (χ4n) is 6.50. The number of aromatic nitrogens is 6. The second kappa shape index (κ2) is 11.8. The predicted molar refractivity (Wildman–Crippen MR) is 186 cm³/mol. The molecule has 10 nitrogen and oxygen atoms in total. The van der Waals surface area contributed by atoms with Gasteiger partial charge in [-0.05, 0) is 74.2 Å². The first-order chi connectivity index (χ1) is 23.8. The highest BCUT2D eigenvalue weighted by atomic mass is 19.1. The van der Waals surface area contributed by atoms with E-state index in [0.717, 1.165) is 22.5 Å². The third-order valence-corrected chi connectivity index (χ3v) is 9.31. The van der Waals surface area contributed by atoms with Crippen LogP contribution < -0.4 is 9.80 Å². The summed E-state index contributed by atoms with van der Waals surface area (Å²) in [5, 5.41) is 4.36. The second-order valence-electron chi connectivity index (χ2n) is 13.5. The van der Waals surface area contributed by atoms with Crippen LogP contribution in [0.5, 0.6) is 0 Å². The van der Waals surface area contributed by atoms with Crippen LogP contribution in [0.15, 0.2) is 98.1 Å². The number of pyridine rings is 2. The molecule has 0 saturated heterocycles. The first-order valence-electron chi connectivity index (χ1n) is 15.9. The number of amides is 2. The Morgan fingerprint density at radius 2 is 1.16 bits per heavy atom. The highest BCUT2D eigenvalue weighted by Crippen LogP contribution is 2.47. The number of halogens is 2. The van der Waals surface area contributed by atoms with Gasteiger partial charge in [-0.25, -0.2) is 13.8 Å². The van der Waals surface area contributed by atoms with Gasteiger partial charge in [-0.15, -0.1) is 0 Å². The van der Waals surface area contributed by atoms with Crippen LogP contribution in [-0.2, 0) is 34.5 Å². The van der Waals surface area contributed by atoms with E-state index in [4.69, 9.17) is 0 Å². The lowest BCUT2D eigenvalue weighted by atomic mass is 9.85. The van der Waals surface area contributed by atoms with Crippen LogP contribution in [0.1, 0.15) is 38.8 Å². The molecule has 6 heterocycles. The molecule has 2 amide bonds. The number of aryl methyl sites for hydroxylation is 2. The van der Waals surface area contributed by atoms with Gasteiger partial charge in [0.1, 0.15) is 11.6 Å². The van der Waals surface area contributed by atoms with Crippen molar-refractivity contribution in [1.82, 2.24) is 29.3 Å². The Bertz CT molecular complexity index is 2150. The maximum absolute atomic E-state index is 14.1. The number of carbonyl (C=O) groups excluding carboxylic acids is 2. The van der Waals surface area contributed by atoms with Crippen molar-refractivity contribution in [3.63, 3.8) is 0 Å². The average molecular weight is 673 g/mol. The minimum absolute atomic E-state index is 0.0509. The molecule has 8 rings (SSSR count). The zero-order valence-corrected chi connectivity index (χ0v) is 28.4. The molecule has 0 atom stereocenters. The normalized spacial score (nSPS) is 15.5. The molecule has 4 aromatic heterocycles. The van der Waals surface area contributed by atoms with E-state index >= 15 is 0 Å². The number of hydrogen-bond acceptors (Lipinski definition) is 6. The monoisotopic (exact) mass is 672 g/mol. The van der Waals surface area contributed by atoms with E-state index in [9.17, 15) is 18.4 Å². The number of hydrogen-bond donors (Lipinski definition) is 0. The Balaban J connectivity index is 0.000000157. The Morgan fingerprint density at radius 1 is 0.660 bits per heavy atom. The Hall–Kier alpha value is -6.04. The Morgan fingerprint density at radius 3 is 1.58 bits per heavy atom. The van der Waals surface area contributed by atoms with Gasteiger partial charge in [-0.2, -0.15) is 5.10 Å². The Labute approximate surface area is 287 Å². The molecule has 252 valence electrons. The average Bonchev–Trinajstić information content (AvgIpc) is 3.81. The highest BCUT2D eigenvalue weighted by molar-refractivity contribution is 6.13. The minimum Gasteiger partial charge on any atom is -0.338 e. The van der Waals surface area contributed by atoms with Crippen molar-refractivity contribution in [2.45, 2.75) is 38.5 Å². The lowest BCUT2D eigenvalue weighted by Gasteiger charge is -2.18. The summed E-state index contributed by atoms with van der Waals surface area (Å²) in [5.74, 6) is 0.326. The molecule has 2 aromatic carbocycles. The van der Waals surface area contributed by atoms with Crippen LogP contribution in [0.2, 0.25) is 0 Å². The van der Waals surface area contributed by atoms with E-state index < -0.39 is 10.8 Å². The molecule has 2 aliphatic rings. The maximum Gasteiger partial charge on any atom is 0.242 e. The van der Waals surface area contributed by atoms with Gasteiger partial charge in [-0.3, -0.25) is 34.0 Å². The first-order valence-corrected chi connectivity index (χ1v) is 15.9. The summed E-state index contributed by atoms with van der Waals surface area (Å²) in [4.78, 5) is 41.5. The lowest BCUT2D eigenvalue weighted by molar-refractivity contribution is -0.122. The van der Waals surface area contributed by atoms with Gasteiger partial charge in [0.25, 0.3) is 0 Å². The number of fused-ring (bicyclic) bond motifs is 2. The van der Waals surface area contributed by atoms with Gasteiger partial charge in [0.15, 0.2) is 11.6 Å². The summed E-state index contributed by atoms with van der Waals surface area (Å²) in [6.45, 7) is 7.56. The number of rotatable bonds is 4. The fraction of sp³-hybridized carbons (Fsp3) is 0.211. The summed E-state index contributed by atoms with van der Waals surface area (Å²) >= 11 is 0. The number of benzene rings is 2. The largest absolute Gasteiger partial charge is 0.338 e. The first kappa shape index (κ1) is 32.5. The van der Waals surface area contributed by atoms with Gasteiger partial charge in [0, 0.05) is 68.5 Å². The SMILES string of the molecule is Cn1ccc(N2C(=O)C(C)(C)c3ccc(-c4cnccc4F)cc32)n1.Cn1cnc(N2C(=O)C(C)(C)c3ccc(-c4cnccc4F)cc32)c1. The van der Waals surface area contributed by atoms with Gasteiger partial charge >= 0.3 is 0 Å². The van der Waals surface area contributed by atoms with Gasteiger partial charge in [-0.1, -0.05) is 24.3 Å². The molecular weight excluding hydrogens is 638 g/mol. The van der Waals surface area contributed by atoms with Crippen molar-refractivity contribution < 1.29 is 18.4 Å². The Kier molecular flexibility index (Phi) is 7.69. The van der Waals surface area contributed by atoms with Gasteiger partial charge < -0.3 is 4.57 Å². The smallest absolute Gasteiger partial charge is 0.242 e. The quantitative estimate of drug-likeness (QED) is 0.197. The van der Waals surface area contributed by atoms with Crippen molar-refractivity contribution in [2.75, 3.05) is 9.80 Å². The van der Waals surface area contributed by atoms with Crippen LogP contribution in [0.25, 0.3) is 22.3 Å². The van der Waals surface area contributed by atoms with E-state index in [1.165, 1.54) is 36.9 Å². The predicted octanol–water partition coefficient (Wildman–Crippen LogP) is 7.15. The molecule has 0 fully saturated rings. The zero-order valence-electron chi connectivity index (χ0n) is 28.4. The van der Waals surface area contributed by atoms with Crippen LogP contribution >= 0.6 is 0 Å². The van der Waals surface area contributed by atoms with Crippen molar-refractivity contribution >= 4 is 34.8 Å². The summed E-state index contributed by atoms with van der Waals surface area (Å²) in [6.07, 6.45) is 11.0. The molecule has 0 unspecified atom stereocenters. The molecule has 6 aromatic rings. The molecule has 0 radical (unpaired) electrons. The number of nitrogens with zero attached hydrogens (tertiary/aromatic N) is 8. The topological polar surface area (TPSA) is 102 Å². The fourth-order valence-corrected chi connectivity index (χ4v) is 6.50. The molecule has 0 bridgehead atoms. The van der Waals surface area contributed by atoms with E-state index in [2.05, 4.69) is 20.1 Å². The number of carbonyl (C=O) groups is 2. The summed E-state index contributed by atoms with van der Waals surface area (Å²) in [6, 6.07) is 15.5. The zero-order chi connectivity index (χ0) is 35.5. The minimum atomic E-state index is -0.668. The van der Waals surface area contributed by atoms with Crippen molar-refractivity contribution in [1.29, 1.82) is 0 Å². The number of imidazole rings is 1. The van der Waals surface area contributed by atoms with E-state index in [0.29, 0.717) is 33.9 Å². The van der Waals surface area contributed by atoms with Crippen LogP contribution in [0, 0.1) is 11.6 Å². The number of anilines is 4. The second-order valence-corrected chi connectivity index (χ2v) is 13.5. The molecule has 0 N–H and O–H groups in total. The van der Waals surface area contributed by atoms with Crippen molar-refractivity contribution in [2.24, 2.45) is 14.1 Å². The molecule has 0 saturated carbocycles. The molecular formula is C38H34F2N8O2. The summed E-state index contributed by atoms with van der Waals surface area (Å²) < 4.78 is 31.7. The van der Waals surface area contributed by atoms with Crippen LogP contribution in [-0.4, -0.2) is 41.1 Å². The lowest BCUT2D eigenvalue weighted by Crippen LogP contribution is -2.33. The molecule has 2 aliphatic heterocycles. The molecule has 0 aliphatic carbocycles. The van der Waals surface area contributed by atoms with E-state index in [-0.39, 0.29) is 23.4 Å². The van der Waals surface area contributed by atoms with Gasteiger partial charge in [0.05, 0.1) is 28.5 Å². The highest BCUT2D eigenvalue weighted by Gasteiger charge is 2.46. The van der Waals surface area contributed by atoms with Crippen LogP contribution in [0.3, 0.4) is 0 Å². The van der Waals surface area contributed by atoms with E-state index in [1.807, 2.05) is 71.1 Å².